The summed E-state index contributed by atoms with van der Waals surface area (Å²) in [5.41, 5.74) is 0.977. The van der Waals surface area contributed by atoms with Crippen LogP contribution in [0.2, 0.25) is 5.02 Å². The molecule has 1 unspecified atom stereocenters. The van der Waals surface area contributed by atoms with E-state index in [0.29, 0.717) is 6.04 Å². The molecular formula is C11H15ClFNS. The molecule has 0 spiro atoms. The molecule has 0 saturated carbocycles. The highest BCUT2D eigenvalue weighted by molar-refractivity contribution is 7.98. The summed E-state index contributed by atoms with van der Waals surface area (Å²) in [5.74, 6) is 0.675. The van der Waals surface area contributed by atoms with Crippen molar-refractivity contribution in [2.24, 2.45) is 0 Å². The van der Waals surface area contributed by atoms with Crippen LogP contribution in [-0.2, 0) is 6.42 Å². The Morgan fingerprint density at radius 2 is 2.27 bits per heavy atom. The SMILES string of the molecule is CNC(CSC)Cc1ccc(Cl)c(F)c1. The van der Waals surface area contributed by atoms with E-state index in [1.54, 1.807) is 17.8 Å². The van der Waals surface area contributed by atoms with Crippen LogP contribution >= 0.6 is 23.4 Å². The molecule has 1 aromatic rings. The third kappa shape index (κ3) is 4.01. The lowest BCUT2D eigenvalue weighted by Gasteiger charge is -2.14. The van der Waals surface area contributed by atoms with Gasteiger partial charge < -0.3 is 5.32 Å². The van der Waals surface area contributed by atoms with Crippen LogP contribution in [0.25, 0.3) is 0 Å². The number of likely N-dealkylation sites (N-methyl/N-ethyl adjacent to an activating group) is 1. The third-order valence-corrected chi connectivity index (χ3v) is 3.28. The van der Waals surface area contributed by atoms with E-state index in [9.17, 15) is 4.39 Å². The van der Waals surface area contributed by atoms with Crippen molar-refractivity contribution < 1.29 is 4.39 Å². The molecule has 1 aromatic carbocycles. The van der Waals surface area contributed by atoms with Gasteiger partial charge in [-0.15, -0.1) is 0 Å². The maximum absolute atomic E-state index is 13.2. The van der Waals surface area contributed by atoms with Crippen LogP contribution < -0.4 is 5.32 Å². The van der Waals surface area contributed by atoms with Crippen LogP contribution in [0, 0.1) is 5.82 Å². The third-order valence-electron chi connectivity index (χ3n) is 2.24. The smallest absolute Gasteiger partial charge is 0.142 e. The molecular weight excluding hydrogens is 233 g/mol. The second-order valence-corrected chi connectivity index (χ2v) is 4.71. The summed E-state index contributed by atoms with van der Waals surface area (Å²) in [4.78, 5) is 0. The van der Waals surface area contributed by atoms with Crippen LogP contribution in [0.4, 0.5) is 4.39 Å². The molecule has 15 heavy (non-hydrogen) atoms. The highest BCUT2D eigenvalue weighted by Crippen LogP contribution is 2.17. The normalized spacial score (nSPS) is 12.8. The first kappa shape index (κ1) is 12.8. The lowest BCUT2D eigenvalue weighted by Crippen LogP contribution is -2.29. The van der Waals surface area contributed by atoms with E-state index in [0.717, 1.165) is 17.7 Å². The van der Waals surface area contributed by atoms with Crippen molar-refractivity contribution in [3.8, 4) is 0 Å². The van der Waals surface area contributed by atoms with E-state index in [1.165, 1.54) is 6.07 Å². The zero-order chi connectivity index (χ0) is 11.3. The summed E-state index contributed by atoms with van der Waals surface area (Å²) in [5, 5.41) is 3.39. The van der Waals surface area contributed by atoms with Crippen molar-refractivity contribution in [1.82, 2.24) is 5.32 Å². The van der Waals surface area contributed by atoms with Crippen LogP contribution in [0.5, 0.6) is 0 Å². The lowest BCUT2D eigenvalue weighted by atomic mass is 10.1. The Morgan fingerprint density at radius 3 is 2.80 bits per heavy atom. The lowest BCUT2D eigenvalue weighted by molar-refractivity contribution is 0.603. The number of hydrogen-bond acceptors (Lipinski definition) is 2. The number of nitrogens with one attached hydrogen (secondary N) is 1. The average molecular weight is 248 g/mol. The minimum atomic E-state index is -0.340. The predicted octanol–water partition coefficient (Wildman–Crippen LogP) is 2.97. The van der Waals surface area contributed by atoms with Crippen molar-refractivity contribution in [1.29, 1.82) is 0 Å². The Labute approximate surface area is 99.4 Å². The first-order valence-electron chi connectivity index (χ1n) is 4.77. The van der Waals surface area contributed by atoms with Gasteiger partial charge in [-0.05, 0) is 37.4 Å². The summed E-state index contributed by atoms with van der Waals surface area (Å²) >= 11 is 7.40. The zero-order valence-electron chi connectivity index (χ0n) is 8.89. The van der Waals surface area contributed by atoms with Gasteiger partial charge in [0.1, 0.15) is 5.82 Å². The Morgan fingerprint density at radius 1 is 1.53 bits per heavy atom. The molecule has 4 heteroatoms. The van der Waals surface area contributed by atoms with Crippen LogP contribution in [-0.4, -0.2) is 25.1 Å². The molecule has 0 aliphatic heterocycles. The van der Waals surface area contributed by atoms with Gasteiger partial charge in [-0.1, -0.05) is 17.7 Å². The second-order valence-electron chi connectivity index (χ2n) is 3.39. The van der Waals surface area contributed by atoms with Gasteiger partial charge in [0.15, 0.2) is 0 Å². The van der Waals surface area contributed by atoms with Gasteiger partial charge in [0.25, 0.3) is 0 Å². The minimum absolute atomic E-state index is 0.185. The molecule has 0 radical (unpaired) electrons. The topological polar surface area (TPSA) is 12.0 Å². The van der Waals surface area contributed by atoms with E-state index in [2.05, 4.69) is 11.6 Å². The molecule has 1 atom stereocenters. The number of thioether (sulfide) groups is 1. The van der Waals surface area contributed by atoms with Crippen molar-refractivity contribution in [2.75, 3.05) is 19.1 Å². The Hall–Kier alpha value is -0.250. The Bertz CT molecular complexity index is 319. The van der Waals surface area contributed by atoms with Crippen molar-refractivity contribution >= 4 is 23.4 Å². The molecule has 1 N–H and O–H groups in total. The van der Waals surface area contributed by atoms with Gasteiger partial charge in [0, 0.05) is 11.8 Å². The quantitative estimate of drug-likeness (QED) is 0.859. The zero-order valence-corrected chi connectivity index (χ0v) is 10.5. The molecule has 0 heterocycles. The summed E-state index contributed by atoms with van der Waals surface area (Å²) in [6.45, 7) is 0. The summed E-state index contributed by atoms with van der Waals surface area (Å²) in [7, 11) is 1.92. The molecule has 0 amide bonds. The first-order valence-corrected chi connectivity index (χ1v) is 6.54. The summed E-state index contributed by atoms with van der Waals surface area (Å²) in [6, 6.07) is 5.36. The maximum Gasteiger partial charge on any atom is 0.142 e. The van der Waals surface area contributed by atoms with E-state index in [-0.39, 0.29) is 10.8 Å². The second kappa shape index (κ2) is 6.36. The standard InChI is InChI=1S/C11H15ClFNS/c1-14-9(7-15-2)5-8-3-4-10(12)11(13)6-8/h3-4,6,9,14H,5,7H2,1-2H3. The average Bonchev–Trinajstić information content (AvgIpc) is 2.23. The number of rotatable bonds is 5. The molecule has 1 nitrogen and oxygen atoms in total. The Kier molecular flexibility index (Phi) is 5.43. The summed E-state index contributed by atoms with van der Waals surface area (Å²) in [6.07, 6.45) is 2.89. The van der Waals surface area contributed by atoms with E-state index in [4.69, 9.17) is 11.6 Å². The molecule has 0 bridgehead atoms. The highest BCUT2D eigenvalue weighted by atomic mass is 35.5. The predicted molar refractivity (Wildman–Crippen MR) is 66.3 cm³/mol. The molecule has 84 valence electrons. The maximum atomic E-state index is 13.2. The van der Waals surface area contributed by atoms with Gasteiger partial charge >= 0.3 is 0 Å². The minimum Gasteiger partial charge on any atom is -0.316 e. The largest absolute Gasteiger partial charge is 0.316 e. The van der Waals surface area contributed by atoms with Crippen LogP contribution in [0.1, 0.15) is 5.56 Å². The van der Waals surface area contributed by atoms with Gasteiger partial charge in [-0.2, -0.15) is 11.8 Å². The number of hydrogen-bond donors (Lipinski definition) is 1. The van der Waals surface area contributed by atoms with Crippen LogP contribution in [0.3, 0.4) is 0 Å². The van der Waals surface area contributed by atoms with Gasteiger partial charge in [0.05, 0.1) is 5.02 Å². The monoisotopic (exact) mass is 247 g/mol. The van der Waals surface area contributed by atoms with Crippen LogP contribution in [0.15, 0.2) is 18.2 Å². The Balaban J connectivity index is 2.66. The van der Waals surface area contributed by atoms with E-state index in [1.807, 2.05) is 13.1 Å². The van der Waals surface area contributed by atoms with E-state index < -0.39 is 0 Å². The number of halogens is 2. The highest BCUT2D eigenvalue weighted by Gasteiger charge is 2.08. The molecule has 1 rings (SSSR count). The van der Waals surface area contributed by atoms with E-state index >= 15 is 0 Å². The van der Waals surface area contributed by atoms with Crippen molar-refractivity contribution in [3.63, 3.8) is 0 Å². The van der Waals surface area contributed by atoms with Gasteiger partial charge in [0.2, 0.25) is 0 Å². The fourth-order valence-electron chi connectivity index (χ4n) is 1.40. The molecule has 0 aromatic heterocycles. The fourth-order valence-corrected chi connectivity index (χ4v) is 2.20. The van der Waals surface area contributed by atoms with Gasteiger partial charge in [-0.25, -0.2) is 4.39 Å². The molecule has 0 aliphatic carbocycles. The molecule has 0 fully saturated rings. The summed E-state index contributed by atoms with van der Waals surface area (Å²) < 4.78 is 13.2. The van der Waals surface area contributed by atoms with Crippen molar-refractivity contribution in [2.45, 2.75) is 12.5 Å². The number of benzene rings is 1. The van der Waals surface area contributed by atoms with Gasteiger partial charge in [-0.3, -0.25) is 0 Å². The molecule has 0 saturated heterocycles. The molecule has 0 aliphatic rings. The first-order chi connectivity index (χ1) is 7.17. The van der Waals surface area contributed by atoms with Crippen molar-refractivity contribution in [3.05, 3.63) is 34.6 Å². The fraction of sp³-hybridized carbons (Fsp3) is 0.455.